The Balaban J connectivity index is 1.95. The summed E-state index contributed by atoms with van der Waals surface area (Å²) in [5.41, 5.74) is 0.797. The molecule has 0 fully saturated rings. The maximum Gasteiger partial charge on any atom is 0.363 e. The topological polar surface area (TPSA) is 91.0 Å². The first-order valence-electron chi connectivity index (χ1n) is 6.99. The Morgan fingerprint density at radius 1 is 1.17 bits per heavy atom. The molecule has 1 aliphatic rings. The summed E-state index contributed by atoms with van der Waals surface area (Å²) in [5, 5.41) is 11.0. The number of hydrogen-bond donors (Lipinski definition) is 0. The summed E-state index contributed by atoms with van der Waals surface area (Å²) < 4.78 is 10.2. The number of rotatable bonds is 4. The fraction of sp³-hybridized carbons (Fsp3) is 0.0588. The van der Waals surface area contributed by atoms with Crippen molar-refractivity contribution >= 4 is 23.6 Å². The second-order valence-corrected chi connectivity index (χ2v) is 4.88. The number of para-hydroxylation sites is 1. The molecule has 1 aliphatic heterocycles. The van der Waals surface area contributed by atoms with Crippen LogP contribution in [0.3, 0.4) is 0 Å². The average molecular weight is 324 g/mol. The van der Waals surface area contributed by atoms with Crippen LogP contribution in [-0.2, 0) is 9.53 Å². The zero-order valence-electron chi connectivity index (χ0n) is 12.6. The van der Waals surface area contributed by atoms with Gasteiger partial charge >= 0.3 is 5.97 Å². The molecule has 0 atom stereocenters. The molecule has 0 aromatic heterocycles. The third-order valence-corrected chi connectivity index (χ3v) is 3.38. The van der Waals surface area contributed by atoms with Crippen LogP contribution in [0.2, 0.25) is 0 Å². The van der Waals surface area contributed by atoms with Crippen molar-refractivity contribution in [1.29, 1.82) is 0 Å². The van der Waals surface area contributed by atoms with Crippen LogP contribution in [-0.4, -0.2) is 23.9 Å². The quantitative estimate of drug-likeness (QED) is 0.373. The first-order valence-corrected chi connectivity index (χ1v) is 6.99. The number of carbonyl (C=O) groups is 1. The monoisotopic (exact) mass is 324 g/mol. The number of methoxy groups -OCH3 is 1. The molecule has 0 spiro atoms. The van der Waals surface area contributed by atoms with E-state index in [1.165, 1.54) is 12.1 Å². The molecule has 0 saturated carbocycles. The van der Waals surface area contributed by atoms with Crippen molar-refractivity contribution in [2.24, 2.45) is 4.99 Å². The summed E-state index contributed by atoms with van der Waals surface area (Å²) in [6, 6.07) is 13.0. The van der Waals surface area contributed by atoms with Crippen molar-refractivity contribution in [2.45, 2.75) is 0 Å². The molecule has 2 aromatic carbocycles. The predicted molar refractivity (Wildman–Crippen MR) is 86.7 cm³/mol. The van der Waals surface area contributed by atoms with Crippen molar-refractivity contribution in [1.82, 2.24) is 0 Å². The molecule has 7 heteroatoms. The summed E-state index contributed by atoms with van der Waals surface area (Å²) >= 11 is 0. The number of esters is 1. The summed E-state index contributed by atoms with van der Waals surface area (Å²) in [6.45, 7) is 0. The van der Waals surface area contributed by atoms with Gasteiger partial charge in [0, 0.05) is 11.6 Å². The van der Waals surface area contributed by atoms with Crippen LogP contribution in [0.5, 0.6) is 5.75 Å². The number of hydrogen-bond acceptors (Lipinski definition) is 6. The van der Waals surface area contributed by atoms with E-state index >= 15 is 0 Å². The number of nitro groups is 1. The molecule has 0 bridgehead atoms. The van der Waals surface area contributed by atoms with Crippen molar-refractivity contribution in [2.75, 3.05) is 7.11 Å². The maximum atomic E-state index is 12.0. The molecule has 2 aromatic rings. The highest BCUT2D eigenvalue weighted by atomic mass is 16.6. The van der Waals surface area contributed by atoms with Gasteiger partial charge < -0.3 is 9.47 Å². The third kappa shape index (κ3) is 3.00. The van der Waals surface area contributed by atoms with Gasteiger partial charge in [-0.25, -0.2) is 9.79 Å². The Bertz CT molecular complexity index is 869. The first-order chi connectivity index (χ1) is 11.6. The van der Waals surface area contributed by atoms with Crippen LogP contribution in [0.4, 0.5) is 5.69 Å². The minimum Gasteiger partial charge on any atom is -0.497 e. The zero-order valence-corrected chi connectivity index (χ0v) is 12.6. The van der Waals surface area contributed by atoms with E-state index in [1.54, 1.807) is 49.6 Å². The molecule has 7 nitrogen and oxygen atoms in total. The van der Waals surface area contributed by atoms with E-state index in [4.69, 9.17) is 9.47 Å². The number of benzene rings is 2. The summed E-state index contributed by atoms with van der Waals surface area (Å²) in [6.07, 6.45) is 1.34. The van der Waals surface area contributed by atoms with Gasteiger partial charge in [-0.3, -0.25) is 10.1 Å². The van der Waals surface area contributed by atoms with Gasteiger partial charge in [0.15, 0.2) is 5.70 Å². The van der Waals surface area contributed by atoms with Gasteiger partial charge in [0.25, 0.3) is 5.69 Å². The average Bonchev–Trinajstić information content (AvgIpc) is 2.96. The fourth-order valence-corrected chi connectivity index (χ4v) is 2.19. The Labute approximate surface area is 137 Å². The SMILES string of the molecule is COc1ccc(C2=NC(=Cc3ccccc3[N+](=O)[O-])C(=O)O2)cc1. The van der Waals surface area contributed by atoms with E-state index in [1.807, 2.05) is 0 Å². The van der Waals surface area contributed by atoms with E-state index in [-0.39, 0.29) is 22.8 Å². The number of aliphatic imine (C=N–C) groups is 1. The van der Waals surface area contributed by atoms with Gasteiger partial charge in [-0.1, -0.05) is 12.1 Å². The number of ether oxygens (including phenoxy) is 2. The van der Waals surface area contributed by atoms with Crippen molar-refractivity contribution in [3.05, 3.63) is 75.5 Å². The zero-order chi connectivity index (χ0) is 17.1. The van der Waals surface area contributed by atoms with Crippen molar-refractivity contribution < 1.29 is 19.2 Å². The largest absolute Gasteiger partial charge is 0.497 e. The van der Waals surface area contributed by atoms with E-state index in [9.17, 15) is 14.9 Å². The molecule has 3 rings (SSSR count). The molecular formula is C17H12N2O5. The Morgan fingerprint density at radius 3 is 2.54 bits per heavy atom. The lowest BCUT2D eigenvalue weighted by molar-refractivity contribution is -0.385. The molecule has 0 radical (unpaired) electrons. The highest BCUT2D eigenvalue weighted by Gasteiger charge is 2.25. The molecule has 0 saturated heterocycles. The van der Waals surface area contributed by atoms with Gasteiger partial charge in [-0.2, -0.15) is 0 Å². The smallest absolute Gasteiger partial charge is 0.363 e. The van der Waals surface area contributed by atoms with Gasteiger partial charge in [-0.05, 0) is 36.4 Å². The third-order valence-electron chi connectivity index (χ3n) is 3.38. The summed E-state index contributed by atoms with van der Waals surface area (Å²) in [7, 11) is 1.55. The number of nitrogens with zero attached hydrogens (tertiary/aromatic N) is 2. The lowest BCUT2D eigenvalue weighted by Gasteiger charge is -2.01. The molecule has 0 unspecified atom stereocenters. The molecule has 0 amide bonds. The second-order valence-electron chi connectivity index (χ2n) is 4.88. The Morgan fingerprint density at radius 2 is 1.88 bits per heavy atom. The van der Waals surface area contributed by atoms with E-state index in [0.717, 1.165) is 0 Å². The van der Waals surface area contributed by atoms with Crippen LogP contribution < -0.4 is 4.74 Å². The molecule has 0 N–H and O–H groups in total. The summed E-state index contributed by atoms with van der Waals surface area (Å²) in [4.78, 5) is 26.6. The molecule has 120 valence electrons. The number of nitro benzene ring substituents is 1. The Kier molecular flexibility index (Phi) is 4.07. The van der Waals surface area contributed by atoms with E-state index < -0.39 is 10.9 Å². The van der Waals surface area contributed by atoms with Crippen LogP contribution in [0, 0.1) is 10.1 Å². The van der Waals surface area contributed by atoms with Gasteiger partial charge in [0.1, 0.15) is 5.75 Å². The molecule has 1 heterocycles. The maximum absolute atomic E-state index is 12.0. The molecule has 0 aliphatic carbocycles. The van der Waals surface area contributed by atoms with Crippen LogP contribution in [0.25, 0.3) is 6.08 Å². The standard InChI is InChI=1S/C17H12N2O5/c1-23-13-8-6-11(7-9-13)16-18-14(17(20)24-16)10-12-4-2-3-5-15(12)19(21)22/h2-10H,1H3. The highest BCUT2D eigenvalue weighted by Crippen LogP contribution is 2.24. The van der Waals surface area contributed by atoms with Crippen LogP contribution >= 0.6 is 0 Å². The minimum absolute atomic E-state index is 0.00937. The minimum atomic E-state index is -0.654. The van der Waals surface area contributed by atoms with E-state index in [2.05, 4.69) is 4.99 Å². The molecule has 24 heavy (non-hydrogen) atoms. The fourth-order valence-electron chi connectivity index (χ4n) is 2.19. The summed E-state index contributed by atoms with van der Waals surface area (Å²) in [5.74, 6) is 0.158. The predicted octanol–water partition coefficient (Wildman–Crippen LogP) is 2.95. The Hall–Kier alpha value is -3.48. The van der Waals surface area contributed by atoms with Crippen molar-refractivity contribution in [3.63, 3.8) is 0 Å². The van der Waals surface area contributed by atoms with Gasteiger partial charge in [0.2, 0.25) is 5.90 Å². The van der Waals surface area contributed by atoms with Gasteiger partial charge in [0.05, 0.1) is 17.6 Å². The van der Waals surface area contributed by atoms with E-state index in [0.29, 0.717) is 11.3 Å². The second kappa shape index (κ2) is 6.33. The first kappa shape index (κ1) is 15.4. The van der Waals surface area contributed by atoms with Crippen LogP contribution in [0.1, 0.15) is 11.1 Å². The lowest BCUT2D eigenvalue weighted by atomic mass is 10.1. The number of carbonyl (C=O) groups excluding carboxylic acids is 1. The highest BCUT2D eigenvalue weighted by molar-refractivity contribution is 6.13. The van der Waals surface area contributed by atoms with Crippen LogP contribution in [0.15, 0.2) is 59.2 Å². The van der Waals surface area contributed by atoms with Gasteiger partial charge in [-0.15, -0.1) is 0 Å². The van der Waals surface area contributed by atoms with Crippen molar-refractivity contribution in [3.8, 4) is 5.75 Å². The lowest BCUT2D eigenvalue weighted by Crippen LogP contribution is -2.05. The normalized spacial score (nSPS) is 15.1. The molecular weight excluding hydrogens is 312 g/mol. The number of cyclic esters (lactones) is 1.